The van der Waals surface area contributed by atoms with Crippen molar-refractivity contribution in [1.82, 2.24) is 15.3 Å². The second-order valence-electron chi connectivity index (χ2n) is 11.4. The molecule has 0 saturated carbocycles. The summed E-state index contributed by atoms with van der Waals surface area (Å²) in [6, 6.07) is 9.42. The molecule has 32 heavy (non-hydrogen) atoms. The van der Waals surface area contributed by atoms with E-state index in [1.54, 1.807) is 12.1 Å². The number of carbonyl (C=O) groups excluding carboxylic acids is 1. The van der Waals surface area contributed by atoms with Crippen LogP contribution >= 0.6 is 0 Å². The molecule has 0 aliphatic heterocycles. The first-order valence-electron chi connectivity index (χ1n) is 11.0. The van der Waals surface area contributed by atoms with Crippen LogP contribution in [-0.2, 0) is 10.8 Å². The van der Waals surface area contributed by atoms with E-state index in [9.17, 15) is 9.90 Å². The molecule has 3 aromatic rings. The van der Waals surface area contributed by atoms with Gasteiger partial charge in [-0.1, -0.05) is 47.6 Å². The normalized spacial score (nSPS) is 12.9. The predicted octanol–water partition coefficient (Wildman–Crippen LogP) is 5.00. The molecule has 3 rings (SSSR count). The Balaban J connectivity index is 2.07. The lowest BCUT2D eigenvalue weighted by Crippen LogP contribution is -2.45. The number of aromatic amines is 1. The van der Waals surface area contributed by atoms with Crippen molar-refractivity contribution in [2.24, 2.45) is 5.73 Å². The molecular weight excluding hydrogens is 400 g/mol. The molecule has 2 aromatic carbocycles. The van der Waals surface area contributed by atoms with E-state index in [0.29, 0.717) is 23.5 Å². The summed E-state index contributed by atoms with van der Waals surface area (Å²) in [6.07, 6.45) is 0. The Kier molecular flexibility index (Phi) is 5.89. The number of amides is 1. The number of imidazole rings is 1. The number of nitrogens with zero attached hydrogens (tertiary/aromatic N) is 1. The zero-order valence-corrected chi connectivity index (χ0v) is 20.5. The molecule has 0 saturated heterocycles. The fourth-order valence-electron chi connectivity index (χ4n) is 3.51. The highest BCUT2D eigenvalue weighted by Gasteiger charge is 2.26. The molecule has 0 atom stereocenters. The fourth-order valence-corrected chi connectivity index (χ4v) is 3.51. The first kappa shape index (κ1) is 23.8. The van der Waals surface area contributed by atoms with Gasteiger partial charge in [0.15, 0.2) is 0 Å². The van der Waals surface area contributed by atoms with Gasteiger partial charge in [0.05, 0.1) is 16.6 Å². The van der Waals surface area contributed by atoms with E-state index >= 15 is 0 Å². The summed E-state index contributed by atoms with van der Waals surface area (Å²) in [7, 11) is 0. The van der Waals surface area contributed by atoms with Crippen molar-refractivity contribution < 1.29 is 9.90 Å². The summed E-state index contributed by atoms with van der Waals surface area (Å²) >= 11 is 0. The Morgan fingerprint density at radius 2 is 1.69 bits per heavy atom. The fraction of sp³-hybridized carbons (Fsp3) is 0.462. The zero-order valence-electron chi connectivity index (χ0n) is 20.5. The number of carbonyl (C=O) groups is 1. The molecule has 6 heteroatoms. The number of rotatable bonds is 4. The minimum Gasteiger partial charge on any atom is -0.507 e. The lowest BCUT2D eigenvalue weighted by atomic mass is 9.79. The lowest BCUT2D eigenvalue weighted by Gasteiger charge is -2.27. The molecule has 0 aliphatic carbocycles. The average molecular weight is 437 g/mol. The summed E-state index contributed by atoms with van der Waals surface area (Å²) in [5, 5.41) is 14.0. The van der Waals surface area contributed by atoms with Crippen LogP contribution in [0, 0.1) is 0 Å². The number of aromatic nitrogens is 2. The maximum Gasteiger partial charge on any atom is 0.251 e. The number of aromatic hydroxyl groups is 1. The number of phenolic OH excluding ortho intramolecular Hbond substituents is 1. The Morgan fingerprint density at radius 1 is 1.03 bits per heavy atom. The zero-order chi connectivity index (χ0) is 24.1. The van der Waals surface area contributed by atoms with Gasteiger partial charge < -0.3 is 21.1 Å². The number of fused-ring (bicyclic) bond motifs is 1. The topological polar surface area (TPSA) is 104 Å². The van der Waals surface area contributed by atoms with Crippen LogP contribution in [0.5, 0.6) is 5.75 Å². The van der Waals surface area contributed by atoms with Gasteiger partial charge in [-0.25, -0.2) is 4.98 Å². The molecule has 0 bridgehead atoms. The van der Waals surface area contributed by atoms with Crippen molar-refractivity contribution in [3.05, 3.63) is 47.0 Å². The molecule has 172 valence electrons. The largest absolute Gasteiger partial charge is 0.507 e. The Bertz CT molecular complexity index is 1160. The highest BCUT2D eigenvalue weighted by Crippen LogP contribution is 2.41. The highest BCUT2D eigenvalue weighted by molar-refractivity contribution is 5.97. The maximum absolute atomic E-state index is 12.5. The van der Waals surface area contributed by atoms with E-state index < -0.39 is 5.54 Å². The molecule has 0 unspecified atom stereocenters. The molecular formula is C26H36N4O2. The van der Waals surface area contributed by atoms with E-state index in [2.05, 4.69) is 57.9 Å². The summed E-state index contributed by atoms with van der Waals surface area (Å²) in [6.45, 7) is 16.8. The molecule has 0 aliphatic rings. The van der Waals surface area contributed by atoms with Crippen molar-refractivity contribution in [2.45, 2.75) is 71.8 Å². The van der Waals surface area contributed by atoms with Crippen LogP contribution in [0.2, 0.25) is 0 Å². The SMILES string of the molecule is CC(C)(N)CNC(=O)c1ccc2nc(-c3cc(C(C)(C)C)cc(C(C)(C)C)c3O)[nH]c2c1. The minimum atomic E-state index is -0.485. The first-order valence-corrected chi connectivity index (χ1v) is 11.0. The van der Waals surface area contributed by atoms with Gasteiger partial charge in [0, 0.05) is 23.2 Å². The monoisotopic (exact) mass is 436 g/mol. The van der Waals surface area contributed by atoms with Gasteiger partial charge in [-0.2, -0.15) is 0 Å². The van der Waals surface area contributed by atoms with Gasteiger partial charge in [-0.05, 0) is 54.5 Å². The number of hydrogen-bond donors (Lipinski definition) is 4. The van der Waals surface area contributed by atoms with Crippen molar-refractivity contribution in [3.8, 4) is 17.1 Å². The third kappa shape index (κ3) is 5.13. The van der Waals surface area contributed by atoms with Crippen LogP contribution in [0.25, 0.3) is 22.4 Å². The van der Waals surface area contributed by atoms with Gasteiger partial charge >= 0.3 is 0 Å². The number of benzene rings is 2. The Morgan fingerprint density at radius 3 is 2.25 bits per heavy atom. The standard InChI is InChI=1S/C26H36N4O2/c1-24(2,3)16-12-17(21(31)18(13-16)25(4,5)6)22-29-19-10-9-15(11-20(19)30-22)23(32)28-14-26(7,8)27/h9-13,31H,14,27H2,1-8H3,(H,28,32)(H,29,30). The van der Waals surface area contributed by atoms with Crippen LogP contribution in [0.4, 0.5) is 0 Å². The van der Waals surface area contributed by atoms with Gasteiger partial charge in [-0.15, -0.1) is 0 Å². The van der Waals surface area contributed by atoms with Gasteiger partial charge in [0.1, 0.15) is 11.6 Å². The number of H-pyrrole nitrogens is 1. The van der Waals surface area contributed by atoms with Crippen LogP contribution in [-0.4, -0.2) is 33.1 Å². The van der Waals surface area contributed by atoms with Crippen molar-refractivity contribution in [3.63, 3.8) is 0 Å². The first-order chi connectivity index (χ1) is 14.6. The number of nitrogens with one attached hydrogen (secondary N) is 2. The quantitative estimate of drug-likeness (QED) is 0.462. The number of hydrogen-bond acceptors (Lipinski definition) is 4. The molecule has 1 heterocycles. The average Bonchev–Trinajstić information content (AvgIpc) is 3.06. The van der Waals surface area contributed by atoms with Crippen LogP contribution in [0.15, 0.2) is 30.3 Å². The highest BCUT2D eigenvalue weighted by atomic mass is 16.3. The summed E-state index contributed by atoms with van der Waals surface area (Å²) < 4.78 is 0. The van der Waals surface area contributed by atoms with Crippen molar-refractivity contribution in [1.29, 1.82) is 0 Å². The van der Waals surface area contributed by atoms with Crippen LogP contribution in [0.3, 0.4) is 0 Å². The van der Waals surface area contributed by atoms with Gasteiger partial charge in [0.25, 0.3) is 5.91 Å². The van der Waals surface area contributed by atoms with Gasteiger partial charge in [0.2, 0.25) is 0 Å². The maximum atomic E-state index is 12.5. The van der Waals surface area contributed by atoms with E-state index in [-0.39, 0.29) is 22.5 Å². The molecule has 1 aromatic heterocycles. The molecule has 6 nitrogen and oxygen atoms in total. The van der Waals surface area contributed by atoms with E-state index in [0.717, 1.165) is 22.2 Å². The van der Waals surface area contributed by atoms with Crippen LogP contribution in [0.1, 0.15) is 76.9 Å². The Labute approximate surface area is 190 Å². The number of phenols is 1. The second kappa shape index (κ2) is 7.93. The molecule has 0 radical (unpaired) electrons. The minimum absolute atomic E-state index is 0.0868. The summed E-state index contributed by atoms with van der Waals surface area (Å²) in [4.78, 5) is 20.5. The van der Waals surface area contributed by atoms with Crippen molar-refractivity contribution >= 4 is 16.9 Å². The molecule has 0 spiro atoms. The summed E-state index contributed by atoms with van der Waals surface area (Å²) in [5.41, 5.74) is 9.82. The smallest absolute Gasteiger partial charge is 0.251 e. The van der Waals surface area contributed by atoms with Crippen LogP contribution < -0.4 is 11.1 Å². The number of nitrogens with two attached hydrogens (primary N) is 1. The third-order valence-corrected chi connectivity index (χ3v) is 5.49. The second-order valence-corrected chi connectivity index (χ2v) is 11.4. The lowest BCUT2D eigenvalue weighted by molar-refractivity contribution is 0.0946. The van der Waals surface area contributed by atoms with E-state index in [4.69, 9.17) is 10.7 Å². The Hall–Kier alpha value is -2.86. The molecule has 1 amide bonds. The third-order valence-electron chi connectivity index (χ3n) is 5.49. The van der Waals surface area contributed by atoms with Gasteiger partial charge in [-0.3, -0.25) is 4.79 Å². The van der Waals surface area contributed by atoms with E-state index in [1.807, 2.05) is 26.0 Å². The van der Waals surface area contributed by atoms with E-state index in [1.165, 1.54) is 0 Å². The van der Waals surface area contributed by atoms with Crippen molar-refractivity contribution in [2.75, 3.05) is 6.54 Å². The predicted molar refractivity (Wildman–Crippen MR) is 131 cm³/mol. The summed E-state index contributed by atoms with van der Waals surface area (Å²) in [5.74, 6) is 0.622. The molecule has 0 fully saturated rings. The molecule has 5 N–H and O–H groups in total.